The van der Waals surface area contributed by atoms with Crippen LogP contribution in [-0.4, -0.2) is 48.5 Å². The minimum Gasteiger partial charge on any atom is -0.484 e. The Balaban J connectivity index is 1.43. The molecule has 6 nitrogen and oxygen atoms in total. The van der Waals surface area contributed by atoms with Gasteiger partial charge in [0.2, 0.25) is 5.91 Å². The highest BCUT2D eigenvalue weighted by Crippen LogP contribution is 2.30. The summed E-state index contributed by atoms with van der Waals surface area (Å²) in [5.74, 6) is 1.36. The van der Waals surface area contributed by atoms with Crippen molar-refractivity contribution < 1.29 is 14.3 Å². The number of ether oxygens (including phenoxy) is 1. The molecule has 6 heteroatoms. The third-order valence-electron chi connectivity index (χ3n) is 5.65. The summed E-state index contributed by atoms with van der Waals surface area (Å²) in [6, 6.07) is 7.19. The molecule has 1 heterocycles. The molecule has 28 heavy (non-hydrogen) atoms. The van der Waals surface area contributed by atoms with Gasteiger partial charge in [-0.3, -0.25) is 14.5 Å². The van der Waals surface area contributed by atoms with E-state index in [2.05, 4.69) is 36.3 Å². The van der Waals surface area contributed by atoms with Crippen LogP contribution in [0.2, 0.25) is 0 Å². The minimum atomic E-state index is -0.134. The molecule has 2 aliphatic rings. The first-order chi connectivity index (χ1) is 13.3. The summed E-state index contributed by atoms with van der Waals surface area (Å²) < 4.78 is 5.62. The molecule has 1 saturated heterocycles. The second-order valence-corrected chi connectivity index (χ2v) is 8.86. The van der Waals surface area contributed by atoms with Gasteiger partial charge in [-0.1, -0.05) is 13.0 Å². The molecule has 1 aliphatic heterocycles. The van der Waals surface area contributed by atoms with Gasteiger partial charge in [0.15, 0.2) is 6.61 Å². The molecule has 1 unspecified atom stereocenters. The fourth-order valence-electron chi connectivity index (χ4n) is 3.62. The van der Waals surface area contributed by atoms with Gasteiger partial charge in [-0.05, 0) is 64.1 Å². The van der Waals surface area contributed by atoms with E-state index in [0.717, 1.165) is 25.9 Å². The van der Waals surface area contributed by atoms with Crippen LogP contribution in [0.1, 0.15) is 46.5 Å². The third kappa shape index (κ3) is 5.96. The summed E-state index contributed by atoms with van der Waals surface area (Å²) in [4.78, 5) is 26.6. The average molecular weight is 388 g/mol. The number of benzene rings is 1. The van der Waals surface area contributed by atoms with Crippen LogP contribution in [-0.2, 0) is 9.59 Å². The Hall–Kier alpha value is -2.08. The van der Waals surface area contributed by atoms with Crippen LogP contribution in [0, 0.1) is 11.8 Å². The van der Waals surface area contributed by atoms with Crippen molar-refractivity contribution in [3.8, 4) is 5.75 Å². The Morgan fingerprint density at radius 2 is 2.04 bits per heavy atom. The Kier molecular flexibility index (Phi) is 6.60. The quantitative estimate of drug-likeness (QED) is 0.719. The van der Waals surface area contributed by atoms with Crippen LogP contribution in [0.3, 0.4) is 0 Å². The highest BCUT2D eigenvalue weighted by Gasteiger charge is 2.31. The monoisotopic (exact) mass is 387 g/mol. The molecule has 0 spiro atoms. The number of hydrogen-bond acceptors (Lipinski definition) is 4. The zero-order valence-electron chi connectivity index (χ0n) is 17.3. The summed E-state index contributed by atoms with van der Waals surface area (Å²) >= 11 is 0. The number of amides is 2. The normalized spacial score (nSPS) is 20.5. The third-order valence-corrected chi connectivity index (χ3v) is 5.65. The first kappa shape index (κ1) is 20.6. The van der Waals surface area contributed by atoms with Crippen LogP contribution in [0.25, 0.3) is 0 Å². The summed E-state index contributed by atoms with van der Waals surface area (Å²) in [5.41, 5.74) is 0.632. The Bertz CT molecular complexity index is 700. The molecule has 2 N–H and O–H groups in total. The number of nitrogens with one attached hydrogen (secondary N) is 2. The number of hydrogen-bond donors (Lipinski definition) is 2. The van der Waals surface area contributed by atoms with Crippen molar-refractivity contribution in [2.75, 3.05) is 31.6 Å². The van der Waals surface area contributed by atoms with Crippen LogP contribution in [0.15, 0.2) is 24.3 Å². The number of anilines is 1. The standard InChI is InChI=1S/C22H33N3O3/c1-16-6-5-11-25(13-16)22(2,3)15-23-20(26)14-28-19-8-4-7-18(12-19)24-21(27)17-9-10-17/h4,7-8,12,16-17H,5-6,9-11,13-15H2,1-3H3,(H,23,26)(H,24,27). The lowest BCUT2D eigenvalue weighted by molar-refractivity contribution is -0.123. The molecular formula is C22H33N3O3. The second kappa shape index (κ2) is 8.95. The predicted molar refractivity (Wildman–Crippen MR) is 110 cm³/mol. The number of nitrogens with zero attached hydrogens (tertiary/aromatic N) is 1. The van der Waals surface area contributed by atoms with Crippen molar-refractivity contribution in [3.05, 3.63) is 24.3 Å². The molecule has 2 amide bonds. The first-order valence-corrected chi connectivity index (χ1v) is 10.4. The maximum atomic E-state index is 12.2. The van der Waals surface area contributed by atoms with Crippen molar-refractivity contribution in [1.82, 2.24) is 10.2 Å². The summed E-state index contributed by atoms with van der Waals surface area (Å²) in [6.07, 6.45) is 4.44. The first-order valence-electron chi connectivity index (χ1n) is 10.4. The van der Waals surface area contributed by atoms with E-state index in [4.69, 9.17) is 4.74 Å². The Labute approximate surface area is 168 Å². The lowest BCUT2D eigenvalue weighted by atomic mass is 9.93. The SMILES string of the molecule is CC1CCCN(C(C)(C)CNC(=O)COc2cccc(NC(=O)C3CC3)c2)C1. The molecule has 0 bridgehead atoms. The van der Waals surface area contributed by atoms with E-state index in [1.165, 1.54) is 12.8 Å². The van der Waals surface area contributed by atoms with Crippen molar-refractivity contribution >= 4 is 17.5 Å². The molecule has 2 fully saturated rings. The smallest absolute Gasteiger partial charge is 0.258 e. The number of likely N-dealkylation sites (tertiary alicyclic amines) is 1. The van der Waals surface area contributed by atoms with Gasteiger partial charge in [0.25, 0.3) is 5.91 Å². The van der Waals surface area contributed by atoms with Gasteiger partial charge in [0, 0.05) is 36.3 Å². The van der Waals surface area contributed by atoms with Crippen LogP contribution < -0.4 is 15.4 Å². The summed E-state index contributed by atoms with van der Waals surface area (Å²) in [7, 11) is 0. The van der Waals surface area contributed by atoms with Crippen molar-refractivity contribution in [3.63, 3.8) is 0 Å². The molecular weight excluding hydrogens is 354 g/mol. The van der Waals surface area contributed by atoms with Gasteiger partial charge in [-0.25, -0.2) is 0 Å². The van der Waals surface area contributed by atoms with Gasteiger partial charge < -0.3 is 15.4 Å². The van der Waals surface area contributed by atoms with Gasteiger partial charge >= 0.3 is 0 Å². The Morgan fingerprint density at radius 3 is 2.75 bits per heavy atom. The maximum Gasteiger partial charge on any atom is 0.258 e. The topological polar surface area (TPSA) is 70.7 Å². The number of piperidine rings is 1. The van der Waals surface area contributed by atoms with E-state index in [0.29, 0.717) is 23.9 Å². The zero-order chi connectivity index (χ0) is 20.1. The largest absolute Gasteiger partial charge is 0.484 e. The minimum absolute atomic E-state index is 0.0352. The van der Waals surface area contributed by atoms with E-state index in [1.807, 2.05) is 12.1 Å². The average Bonchev–Trinajstić information content (AvgIpc) is 3.50. The molecule has 0 aromatic heterocycles. The summed E-state index contributed by atoms with van der Waals surface area (Å²) in [6.45, 7) is 9.37. The van der Waals surface area contributed by atoms with Crippen LogP contribution >= 0.6 is 0 Å². The molecule has 154 valence electrons. The van der Waals surface area contributed by atoms with Gasteiger partial charge in [0.05, 0.1) is 0 Å². The number of carbonyl (C=O) groups is 2. The van der Waals surface area contributed by atoms with E-state index >= 15 is 0 Å². The fraction of sp³-hybridized carbons (Fsp3) is 0.636. The predicted octanol–water partition coefficient (Wildman–Crippen LogP) is 3.04. The van der Waals surface area contributed by atoms with E-state index in [9.17, 15) is 9.59 Å². The molecule has 1 aliphatic carbocycles. The maximum absolute atomic E-state index is 12.2. The van der Waals surface area contributed by atoms with Crippen LogP contribution in [0.4, 0.5) is 5.69 Å². The fourth-order valence-corrected chi connectivity index (χ4v) is 3.62. The van der Waals surface area contributed by atoms with E-state index in [1.54, 1.807) is 12.1 Å². The molecule has 1 aromatic rings. The molecule has 1 atom stereocenters. The molecule has 1 saturated carbocycles. The van der Waals surface area contributed by atoms with Gasteiger partial charge in [-0.15, -0.1) is 0 Å². The molecule has 0 radical (unpaired) electrons. The lowest BCUT2D eigenvalue weighted by Crippen LogP contribution is -2.55. The van der Waals surface area contributed by atoms with E-state index < -0.39 is 0 Å². The highest BCUT2D eigenvalue weighted by molar-refractivity contribution is 5.94. The summed E-state index contributed by atoms with van der Waals surface area (Å²) in [5, 5.41) is 5.89. The molecule has 3 rings (SSSR count). The van der Waals surface area contributed by atoms with Gasteiger partial charge in [0.1, 0.15) is 5.75 Å². The van der Waals surface area contributed by atoms with Crippen molar-refractivity contribution in [1.29, 1.82) is 0 Å². The van der Waals surface area contributed by atoms with Crippen molar-refractivity contribution in [2.24, 2.45) is 11.8 Å². The molecule has 1 aromatic carbocycles. The lowest BCUT2D eigenvalue weighted by Gasteiger charge is -2.43. The second-order valence-electron chi connectivity index (χ2n) is 8.86. The number of rotatable bonds is 8. The van der Waals surface area contributed by atoms with Crippen molar-refractivity contribution in [2.45, 2.75) is 52.0 Å². The zero-order valence-corrected chi connectivity index (χ0v) is 17.3. The van der Waals surface area contributed by atoms with Gasteiger partial charge in [-0.2, -0.15) is 0 Å². The highest BCUT2D eigenvalue weighted by atomic mass is 16.5. The van der Waals surface area contributed by atoms with Crippen LogP contribution in [0.5, 0.6) is 5.75 Å². The Morgan fingerprint density at radius 1 is 1.25 bits per heavy atom. The van der Waals surface area contributed by atoms with E-state index in [-0.39, 0.29) is 29.9 Å². The number of carbonyl (C=O) groups excluding carboxylic acids is 2.